The number of nitrogens with zero attached hydrogens (tertiary/aromatic N) is 1. The summed E-state index contributed by atoms with van der Waals surface area (Å²) in [6, 6.07) is 53.1. The minimum Gasteiger partial charge on any atom is -0.497 e. The number of nitrogens with one attached hydrogen (secondary N) is 1. The molecule has 7 aromatic rings. The van der Waals surface area contributed by atoms with Crippen LogP contribution in [0.15, 0.2) is 186 Å². The lowest BCUT2D eigenvalue weighted by Gasteiger charge is -2.46. The van der Waals surface area contributed by atoms with Crippen molar-refractivity contribution < 1.29 is 36.9 Å². The molecule has 0 amide bonds. The Kier molecular flexibility index (Phi) is 14.1. The first kappa shape index (κ1) is 49.0. The molecule has 0 unspecified atom stereocenters. The van der Waals surface area contributed by atoms with Gasteiger partial charge < -0.3 is 28.1 Å². The summed E-state index contributed by atoms with van der Waals surface area (Å²) in [4.78, 5) is 28.3. The van der Waals surface area contributed by atoms with Gasteiger partial charge in [-0.15, -0.1) is 0 Å². The maximum Gasteiger partial charge on any atom is 0.330 e. The molecule has 69 heavy (non-hydrogen) atoms. The maximum atomic E-state index is 18.8. The number of methoxy groups -OCH3 is 2. The Labute approximate surface area is 402 Å². The molecule has 1 aliphatic heterocycles. The average molecular weight is 953 g/mol. The number of H-pyrrole nitrogens is 1. The molecule has 0 aliphatic carbocycles. The molecule has 358 valence electrons. The van der Waals surface area contributed by atoms with Gasteiger partial charge in [-0.05, 0) is 75.8 Å². The Morgan fingerprint density at radius 2 is 1.03 bits per heavy atom. The summed E-state index contributed by atoms with van der Waals surface area (Å²) < 4.78 is 75.6. The lowest BCUT2D eigenvalue weighted by atomic mass is 9.79. The Balaban J connectivity index is 1.43. The van der Waals surface area contributed by atoms with Gasteiger partial charge in [-0.25, -0.2) is 9.18 Å². The minimum atomic E-state index is -2.76. The highest BCUT2D eigenvalue weighted by Gasteiger charge is 2.62. The number of aromatic nitrogens is 2. The molecular formula is C56H58F2N2O8Si. The molecule has 0 bridgehead atoms. The largest absolute Gasteiger partial charge is 0.497 e. The number of aromatic amines is 1. The van der Waals surface area contributed by atoms with Crippen molar-refractivity contribution in [3.8, 4) is 11.5 Å². The molecule has 2 heterocycles. The van der Waals surface area contributed by atoms with E-state index in [-0.39, 0.29) is 11.6 Å². The van der Waals surface area contributed by atoms with Crippen molar-refractivity contribution in [2.45, 2.75) is 74.2 Å². The van der Waals surface area contributed by atoms with Gasteiger partial charge in [0.05, 0.1) is 33.6 Å². The van der Waals surface area contributed by atoms with Gasteiger partial charge in [0.25, 0.3) is 5.56 Å². The number of rotatable bonds is 17. The van der Waals surface area contributed by atoms with Crippen molar-refractivity contribution >= 4 is 8.32 Å². The number of halogens is 2. The fourth-order valence-corrected chi connectivity index (χ4v) is 9.89. The summed E-state index contributed by atoms with van der Waals surface area (Å²) >= 11 is 0. The first-order valence-electron chi connectivity index (χ1n) is 22.9. The van der Waals surface area contributed by atoms with Crippen LogP contribution in [0, 0.1) is 5.82 Å². The van der Waals surface area contributed by atoms with E-state index < -0.39 is 67.3 Å². The predicted molar refractivity (Wildman–Crippen MR) is 265 cm³/mol. The van der Waals surface area contributed by atoms with Crippen LogP contribution in [0.2, 0.25) is 18.1 Å². The zero-order valence-electron chi connectivity index (χ0n) is 39.9. The van der Waals surface area contributed by atoms with E-state index in [0.29, 0.717) is 39.9 Å². The van der Waals surface area contributed by atoms with Crippen molar-refractivity contribution in [3.63, 3.8) is 0 Å². The van der Waals surface area contributed by atoms with Gasteiger partial charge in [0.15, 0.2) is 20.7 Å². The fourth-order valence-electron chi connectivity index (χ4n) is 8.86. The first-order valence-corrected chi connectivity index (χ1v) is 25.8. The summed E-state index contributed by atoms with van der Waals surface area (Å²) in [6.45, 7) is 9.71. The molecule has 1 fully saturated rings. The Morgan fingerprint density at radius 1 is 0.623 bits per heavy atom. The lowest BCUT2D eigenvalue weighted by Crippen LogP contribution is -2.58. The summed E-state index contributed by atoms with van der Waals surface area (Å²) in [5.41, 5.74) is -3.16. The van der Waals surface area contributed by atoms with Crippen molar-refractivity contribution in [1.29, 1.82) is 0 Å². The zero-order valence-corrected chi connectivity index (χ0v) is 40.9. The van der Waals surface area contributed by atoms with Crippen LogP contribution in [-0.2, 0) is 29.8 Å². The van der Waals surface area contributed by atoms with Crippen molar-refractivity contribution in [2.75, 3.05) is 27.4 Å². The highest BCUT2D eigenvalue weighted by Crippen LogP contribution is 2.51. The SMILES string of the molecule is COc1ccc(C(OC[C@]2(CO[Si](C)(C)C(C)(C)C)O[C@@H](n3cc(F)c(=O)[nH]c3=O)[C@@H](F)[C@@H]2OC(c2ccccc2)(c2ccccc2)c2ccc(OC)cc2)(c2ccccc2)c2ccccc2)cc1. The molecule has 0 spiro atoms. The van der Waals surface area contributed by atoms with E-state index in [1.165, 1.54) is 0 Å². The molecule has 4 atom stereocenters. The van der Waals surface area contributed by atoms with E-state index in [0.717, 1.165) is 15.7 Å². The number of ether oxygens (including phenoxy) is 5. The monoisotopic (exact) mass is 952 g/mol. The quantitative estimate of drug-likeness (QED) is 0.0710. The van der Waals surface area contributed by atoms with Gasteiger partial charge in [0, 0.05) is 0 Å². The first-order chi connectivity index (χ1) is 33.1. The smallest absolute Gasteiger partial charge is 0.330 e. The minimum absolute atomic E-state index is 0.295. The number of benzene rings is 6. The highest BCUT2D eigenvalue weighted by molar-refractivity contribution is 6.74. The highest BCUT2D eigenvalue weighted by atomic mass is 28.4. The van der Waals surface area contributed by atoms with Crippen molar-refractivity contribution in [2.24, 2.45) is 0 Å². The lowest BCUT2D eigenvalue weighted by molar-refractivity contribution is -0.199. The second kappa shape index (κ2) is 19.9. The second-order valence-corrected chi connectivity index (χ2v) is 23.6. The van der Waals surface area contributed by atoms with E-state index in [2.05, 4.69) is 33.9 Å². The molecular weight excluding hydrogens is 895 g/mol. The fraction of sp³-hybridized carbons (Fsp3) is 0.286. The van der Waals surface area contributed by atoms with Gasteiger partial charge in [0.1, 0.15) is 34.4 Å². The molecule has 6 aromatic carbocycles. The Hall–Kier alpha value is -6.48. The van der Waals surface area contributed by atoms with Crippen LogP contribution >= 0.6 is 0 Å². The van der Waals surface area contributed by atoms with Crippen LogP contribution in [-0.4, -0.2) is 63.2 Å². The number of hydrogen-bond donors (Lipinski definition) is 1. The molecule has 8 rings (SSSR count). The van der Waals surface area contributed by atoms with E-state index in [4.69, 9.17) is 28.1 Å². The third kappa shape index (κ3) is 9.37. The topological polar surface area (TPSA) is 110 Å². The molecule has 1 saturated heterocycles. The zero-order chi connectivity index (χ0) is 49.0. The van der Waals surface area contributed by atoms with Gasteiger partial charge in [0.2, 0.25) is 5.82 Å². The summed E-state index contributed by atoms with van der Waals surface area (Å²) in [5.74, 6) is -0.0935. The van der Waals surface area contributed by atoms with E-state index >= 15 is 8.78 Å². The second-order valence-electron chi connectivity index (χ2n) is 18.8. The van der Waals surface area contributed by atoms with Crippen LogP contribution in [0.3, 0.4) is 0 Å². The molecule has 0 saturated carbocycles. The summed E-state index contributed by atoms with van der Waals surface area (Å²) in [6.07, 6.45) is -5.07. The summed E-state index contributed by atoms with van der Waals surface area (Å²) in [5, 5.41) is -0.334. The van der Waals surface area contributed by atoms with Crippen LogP contribution in [0.1, 0.15) is 60.4 Å². The number of hydrogen-bond acceptors (Lipinski definition) is 8. The van der Waals surface area contributed by atoms with Crippen LogP contribution in [0.4, 0.5) is 8.78 Å². The van der Waals surface area contributed by atoms with Gasteiger partial charge in [-0.3, -0.25) is 14.3 Å². The van der Waals surface area contributed by atoms with Crippen molar-refractivity contribution in [1.82, 2.24) is 9.55 Å². The molecule has 10 nitrogen and oxygen atoms in total. The molecule has 13 heteroatoms. The normalized spacial score (nSPS) is 18.8. The van der Waals surface area contributed by atoms with Gasteiger partial charge in [-0.2, -0.15) is 4.39 Å². The molecule has 1 aromatic heterocycles. The van der Waals surface area contributed by atoms with Crippen LogP contribution < -0.4 is 20.7 Å². The number of alkyl halides is 1. The van der Waals surface area contributed by atoms with Crippen LogP contribution in [0.25, 0.3) is 0 Å². The van der Waals surface area contributed by atoms with E-state index in [1.54, 1.807) is 14.2 Å². The molecule has 1 aliphatic rings. The van der Waals surface area contributed by atoms with Crippen LogP contribution in [0.5, 0.6) is 11.5 Å². The maximum absolute atomic E-state index is 18.8. The molecule has 0 radical (unpaired) electrons. The third-order valence-electron chi connectivity index (χ3n) is 13.7. The Bertz CT molecular complexity index is 2840. The predicted octanol–water partition coefficient (Wildman–Crippen LogP) is 10.7. The third-order valence-corrected chi connectivity index (χ3v) is 18.1. The molecule has 1 N–H and O–H groups in total. The standard InChI is InChI=1S/C56H58F2N2O8Si/c1-53(2,3)69(6,7)66-38-54(37-65-55(39-20-12-8-13-21-39,40-22-14-9-15-23-40)43-28-32-45(63-4)33-29-43)49(48(58)51(68-54)60-36-47(57)50(61)59-52(60)62)67-56(41-24-16-10-17-25-41,42-26-18-11-19-27-42)44-30-34-46(64-5)35-31-44/h8-36,48-49,51H,37-38H2,1-7H3,(H,59,61,62)/t48-,49-,51+,54+/m0/s1. The van der Waals surface area contributed by atoms with E-state index in [9.17, 15) is 9.59 Å². The average Bonchev–Trinajstić information content (AvgIpc) is 3.64. The van der Waals surface area contributed by atoms with Gasteiger partial charge in [-0.1, -0.05) is 166 Å². The van der Waals surface area contributed by atoms with E-state index in [1.807, 2.05) is 175 Å². The van der Waals surface area contributed by atoms with Crippen molar-refractivity contribution in [3.05, 3.63) is 236 Å². The Morgan fingerprint density at radius 3 is 1.45 bits per heavy atom. The van der Waals surface area contributed by atoms with Gasteiger partial charge >= 0.3 is 5.69 Å². The summed E-state index contributed by atoms with van der Waals surface area (Å²) in [7, 11) is 0.414.